The molecule has 6 rings (SSSR count). The number of aliphatic hydroxyl groups excluding tert-OH is 2. The summed E-state index contributed by atoms with van der Waals surface area (Å²) < 4.78 is 26.8. The van der Waals surface area contributed by atoms with Crippen molar-refractivity contribution in [2.24, 2.45) is 17.8 Å². The molecule has 3 aliphatic carbocycles. The molecule has 3 unspecified atom stereocenters. The molecule has 8 nitrogen and oxygen atoms in total. The van der Waals surface area contributed by atoms with E-state index >= 15 is 0 Å². The third kappa shape index (κ3) is 3.60. The van der Waals surface area contributed by atoms with Crippen LogP contribution in [0.2, 0.25) is 0 Å². The van der Waals surface area contributed by atoms with Gasteiger partial charge in [0.15, 0.2) is 11.4 Å². The molecule has 3 bridgehead atoms. The molecule has 0 radical (unpaired) electrons. The Kier molecular flexibility index (Phi) is 7.02. The summed E-state index contributed by atoms with van der Waals surface area (Å²) in [6.45, 7) is 11.7. The molecule has 5 fully saturated rings. The number of fused-ring (bicyclic) bond motifs is 3. The first kappa shape index (κ1) is 29.0. The quantitative estimate of drug-likeness (QED) is 0.186. The van der Waals surface area contributed by atoms with E-state index in [-0.39, 0.29) is 5.92 Å². The maximum absolute atomic E-state index is 13.5. The third-order valence-electron chi connectivity index (χ3n) is 11.3. The van der Waals surface area contributed by atoms with Crippen molar-refractivity contribution in [3.8, 4) is 0 Å². The first-order chi connectivity index (χ1) is 19.0. The van der Waals surface area contributed by atoms with Crippen LogP contribution in [0.1, 0.15) is 98.3 Å². The predicted molar refractivity (Wildman–Crippen MR) is 147 cm³/mol. The lowest BCUT2D eigenvalue weighted by atomic mass is 9.54. The first-order valence-electron chi connectivity index (χ1n) is 15.7. The van der Waals surface area contributed by atoms with Crippen LogP contribution in [0.3, 0.4) is 0 Å². The highest BCUT2D eigenvalue weighted by Gasteiger charge is 2.88. The van der Waals surface area contributed by atoms with Crippen LogP contribution in [0.4, 0.5) is 0 Å². The Morgan fingerprint density at radius 3 is 2.33 bits per heavy atom. The van der Waals surface area contributed by atoms with Crippen molar-refractivity contribution in [3.05, 3.63) is 23.8 Å². The van der Waals surface area contributed by atoms with Gasteiger partial charge in [-0.25, -0.2) is 0 Å². The monoisotopic (exact) mass is 560 g/mol. The molecule has 0 aromatic heterocycles. The van der Waals surface area contributed by atoms with E-state index in [0.717, 1.165) is 24.8 Å². The van der Waals surface area contributed by atoms with Gasteiger partial charge in [0.05, 0.1) is 12.2 Å². The molecule has 3 heterocycles. The number of aliphatic hydroxyl groups is 3. The number of carbonyl (C=O) groups excluding carboxylic acids is 1. The molecule has 224 valence electrons. The van der Waals surface area contributed by atoms with E-state index in [4.69, 9.17) is 18.9 Å². The summed E-state index contributed by atoms with van der Waals surface area (Å²) in [7, 11) is 0. The summed E-state index contributed by atoms with van der Waals surface area (Å²) in [6.07, 6.45) is 10.7. The largest absolute Gasteiger partial charge is 0.393 e. The zero-order chi connectivity index (χ0) is 28.7. The third-order valence-corrected chi connectivity index (χ3v) is 11.3. The molecular weight excluding hydrogens is 512 g/mol. The van der Waals surface area contributed by atoms with Crippen LogP contribution in [0, 0.1) is 17.8 Å². The lowest BCUT2D eigenvalue weighted by molar-refractivity contribution is -0.430. The fraction of sp³-hybridized carbons (Fsp3) is 0.844. The van der Waals surface area contributed by atoms with Crippen molar-refractivity contribution >= 4 is 5.78 Å². The van der Waals surface area contributed by atoms with Gasteiger partial charge in [-0.3, -0.25) is 4.79 Å². The van der Waals surface area contributed by atoms with Crippen LogP contribution in [0.25, 0.3) is 0 Å². The molecule has 3 saturated heterocycles. The van der Waals surface area contributed by atoms with E-state index in [2.05, 4.69) is 20.4 Å². The summed E-state index contributed by atoms with van der Waals surface area (Å²) in [4.78, 5) is 13.5. The van der Waals surface area contributed by atoms with Crippen LogP contribution in [-0.4, -0.2) is 74.4 Å². The van der Waals surface area contributed by atoms with Crippen LogP contribution in [-0.2, 0) is 23.7 Å². The number of unbranched alkanes of at least 4 members (excludes halogenated alkanes) is 8. The van der Waals surface area contributed by atoms with Gasteiger partial charge in [0.25, 0.3) is 5.97 Å². The minimum absolute atomic E-state index is 0.184. The molecule has 11 atom stereocenters. The van der Waals surface area contributed by atoms with Gasteiger partial charge in [0, 0.05) is 18.3 Å². The Hall–Kier alpha value is -1.13. The van der Waals surface area contributed by atoms with Crippen molar-refractivity contribution in [2.45, 2.75) is 145 Å². The van der Waals surface area contributed by atoms with Crippen LogP contribution < -0.4 is 0 Å². The standard InChI is InChI=1S/C32H48O8/c1-6-7-8-9-10-11-12-13-14-15-30-38-25-23-26-29(18-33,37-26)27(35)31(36)22(16-20(4)24(31)34)32(23,40-30)21(5)17-28(25,39-30)19(2)3/h16,21-23,25-27,33,35-36H,2,6-15,17-18H2,1,3-5H3/t21-,22-,23?,25+,26?,27-,28-,29+,30?,31-,32+/m1/s1. The molecule has 0 amide bonds. The molecule has 0 spiro atoms. The molecular formula is C32H48O8. The minimum atomic E-state index is -2.18. The molecule has 0 aromatic carbocycles. The molecule has 2 saturated carbocycles. The lowest BCUT2D eigenvalue weighted by Crippen LogP contribution is -2.72. The van der Waals surface area contributed by atoms with E-state index in [1.165, 1.54) is 38.5 Å². The second kappa shape index (κ2) is 9.69. The molecule has 40 heavy (non-hydrogen) atoms. The van der Waals surface area contributed by atoms with Crippen LogP contribution >= 0.6 is 0 Å². The van der Waals surface area contributed by atoms with Crippen molar-refractivity contribution < 1.29 is 39.1 Å². The summed E-state index contributed by atoms with van der Waals surface area (Å²) in [5.41, 5.74) is -4.36. The number of ether oxygens (including phenoxy) is 4. The Bertz CT molecular complexity index is 1090. The van der Waals surface area contributed by atoms with E-state index in [0.29, 0.717) is 18.4 Å². The average molecular weight is 561 g/mol. The van der Waals surface area contributed by atoms with Crippen molar-refractivity contribution in [1.82, 2.24) is 0 Å². The number of hydrogen-bond acceptors (Lipinski definition) is 8. The topological polar surface area (TPSA) is 118 Å². The Balaban J connectivity index is 1.33. The van der Waals surface area contributed by atoms with E-state index < -0.39 is 70.9 Å². The molecule has 6 aliphatic rings. The normalized spacial score (nSPS) is 49.8. The number of epoxide rings is 1. The maximum Gasteiger partial charge on any atom is 0.284 e. The predicted octanol–water partition coefficient (Wildman–Crippen LogP) is 4.10. The summed E-state index contributed by atoms with van der Waals surface area (Å²) in [5, 5.41) is 34.2. The molecule has 8 heteroatoms. The molecule has 3 aliphatic heterocycles. The number of carbonyl (C=O) groups is 1. The van der Waals surface area contributed by atoms with Gasteiger partial charge in [0.1, 0.15) is 29.5 Å². The zero-order valence-electron chi connectivity index (χ0n) is 24.6. The fourth-order valence-electron chi connectivity index (χ4n) is 9.19. The highest BCUT2D eigenvalue weighted by atomic mass is 16.9. The number of ketones is 1. The average Bonchev–Trinajstić information content (AvgIpc) is 3.56. The highest BCUT2D eigenvalue weighted by Crippen LogP contribution is 2.73. The number of Topliss-reactive ketones (excluding diaryl/α,β-unsaturated/α-hetero) is 1. The smallest absolute Gasteiger partial charge is 0.284 e. The Labute approximate surface area is 238 Å². The number of rotatable bonds is 12. The summed E-state index contributed by atoms with van der Waals surface area (Å²) >= 11 is 0. The number of hydrogen-bond donors (Lipinski definition) is 3. The van der Waals surface area contributed by atoms with Gasteiger partial charge in [-0.05, 0) is 43.8 Å². The fourth-order valence-corrected chi connectivity index (χ4v) is 9.19. The van der Waals surface area contributed by atoms with Gasteiger partial charge in [-0.15, -0.1) is 0 Å². The van der Waals surface area contributed by atoms with Crippen molar-refractivity contribution in [1.29, 1.82) is 0 Å². The molecule has 3 N–H and O–H groups in total. The second-order valence-electron chi connectivity index (χ2n) is 13.7. The minimum Gasteiger partial charge on any atom is -0.393 e. The van der Waals surface area contributed by atoms with Gasteiger partial charge in [-0.1, -0.05) is 77.9 Å². The van der Waals surface area contributed by atoms with Gasteiger partial charge >= 0.3 is 0 Å². The van der Waals surface area contributed by atoms with E-state index in [1.54, 1.807) is 13.0 Å². The van der Waals surface area contributed by atoms with Crippen molar-refractivity contribution in [2.75, 3.05) is 6.61 Å². The first-order valence-corrected chi connectivity index (χ1v) is 15.7. The van der Waals surface area contributed by atoms with Gasteiger partial charge in [-0.2, -0.15) is 0 Å². The Morgan fingerprint density at radius 1 is 1.05 bits per heavy atom. The highest BCUT2D eigenvalue weighted by molar-refractivity contribution is 6.05. The SMILES string of the molecule is C=C(C)[C@]12C[C@@H](C)[C@@]34OC(CCCCCCCCCCC)(O[C@H]1C3C1O[C@]1(CO)[C@@H](O)[C@]1(O)C(=O)C(C)=C[C@H]14)O2. The summed E-state index contributed by atoms with van der Waals surface area (Å²) in [5.74, 6) is -3.38. The maximum atomic E-state index is 13.5. The zero-order valence-corrected chi connectivity index (χ0v) is 24.6. The van der Waals surface area contributed by atoms with E-state index in [1.807, 2.05) is 6.92 Å². The Morgan fingerprint density at radius 2 is 1.70 bits per heavy atom. The van der Waals surface area contributed by atoms with Crippen LogP contribution in [0.5, 0.6) is 0 Å². The van der Waals surface area contributed by atoms with Gasteiger partial charge < -0.3 is 34.3 Å². The van der Waals surface area contributed by atoms with Crippen LogP contribution in [0.15, 0.2) is 23.8 Å². The summed E-state index contributed by atoms with van der Waals surface area (Å²) in [6, 6.07) is 0. The van der Waals surface area contributed by atoms with Crippen molar-refractivity contribution in [3.63, 3.8) is 0 Å². The second-order valence-corrected chi connectivity index (χ2v) is 13.7. The lowest BCUT2D eigenvalue weighted by Gasteiger charge is -2.59. The molecule has 0 aromatic rings. The van der Waals surface area contributed by atoms with Gasteiger partial charge in [0.2, 0.25) is 0 Å². The van der Waals surface area contributed by atoms with E-state index in [9.17, 15) is 20.1 Å².